The highest BCUT2D eigenvalue weighted by Crippen LogP contribution is 2.36. The highest BCUT2D eigenvalue weighted by Gasteiger charge is 2.29. The van der Waals surface area contributed by atoms with Gasteiger partial charge < -0.3 is 5.73 Å². The molecule has 7 heteroatoms. The van der Waals surface area contributed by atoms with Crippen LogP contribution in [0.3, 0.4) is 0 Å². The van der Waals surface area contributed by atoms with Gasteiger partial charge in [0, 0.05) is 6.04 Å². The molecule has 1 aromatic rings. The first-order valence-electron chi connectivity index (χ1n) is 4.72. The van der Waals surface area contributed by atoms with Crippen LogP contribution in [0.25, 0.3) is 0 Å². The third-order valence-corrected chi connectivity index (χ3v) is 3.35. The zero-order valence-corrected chi connectivity index (χ0v) is 9.08. The number of rotatable bonds is 4. The summed E-state index contributed by atoms with van der Waals surface area (Å²) in [6.07, 6.45) is 2.00. The fraction of sp³-hybridized carbons (Fsp3) is 0.625. The van der Waals surface area contributed by atoms with Crippen molar-refractivity contribution in [1.29, 1.82) is 0 Å². The summed E-state index contributed by atoms with van der Waals surface area (Å²) in [6.45, 7) is 1.70. The van der Waals surface area contributed by atoms with Crippen molar-refractivity contribution in [2.24, 2.45) is 5.73 Å². The van der Waals surface area contributed by atoms with E-state index in [1.165, 1.54) is 11.8 Å². The lowest BCUT2D eigenvalue weighted by atomic mass is 10.5. The van der Waals surface area contributed by atoms with Crippen molar-refractivity contribution in [3.63, 3.8) is 0 Å². The smallest absolute Gasteiger partial charge is 0.344 e. The van der Waals surface area contributed by atoms with Gasteiger partial charge in [-0.25, -0.2) is 9.89 Å². The molecule has 0 bridgehead atoms. The van der Waals surface area contributed by atoms with Crippen LogP contribution in [0, 0.1) is 0 Å². The second-order valence-corrected chi connectivity index (χ2v) is 4.88. The topological polar surface area (TPSA) is 93.8 Å². The summed E-state index contributed by atoms with van der Waals surface area (Å²) in [7, 11) is 0. The number of aromatic amines is 1. The van der Waals surface area contributed by atoms with Gasteiger partial charge >= 0.3 is 5.69 Å². The van der Waals surface area contributed by atoms with Crippen LogP contribution in [0.1, 0.15) is 25.8 Å². The van der Waals surface area contributed by atoms with E-state index >= 15 is 0 Å². The summed E-state index contributed by atoms with van der Waals surface area (Å²) < 4.78 is 1.60. The van der Waals surface area contributed by atoms with Crippen molar-refractivity contribution in [2.45, 2.75) is 36.2 Å². The minimum Gasteiger partial charge on any atom is -0.369 e. The molecule has 1 fully saturated rings. The minimum atomic E-state index is -0.405. The van der Waals surface area contributed by atoms with Gasteiger partial charge in [-0.05, 0) is 19.8 Å². The minimum absolute atomic E-state index is 0.211. The molecule has 0 spiro atoms. The van der Waals surface area contributed by atoms with E-state index in [1.807, 2.05) is 0 Å². The fourth-order valence-electron chi connectivity index (χ4n) is 1.24. The number of carbonyl (C=O) groups is 1. The molecule has 0 unspecified atom stereocenters. The van der Waals surface area contributed by atoms with Gasteiger partial charge in [-0.3, -0.25) is 9.36 Å². The molecule has 1 amide bonds. The van der Waals surface area contributed by atoms with E-state index in [4.69, 9.17) is 5.73 Å². The number of H-pyrrole nitrogens is 1. The van der Waals surface area contributed by atoms with Crippen molar-refractivity contribution in [1.82, 2.24) is 14.8 Å². The maximum Gasteiger partial charge on any atom is 0.344 e. The molecule has 1 aliphatic carbocycles. The van der Waals surface area contributed by atoms with Crippen LogP contribution in [-0.4, -0.2) is 25.9 Å². The van der Waals surface area contributed by atoms with Gasteiger partial charge in [-0.15, -0.1) is 5.10 Å². The summed E-state index contributed by atoms with van der Waals surface area (Å²) in [6, 6.07) is 0.249. The van der Waals surface area contributed by atoms with Crippen LogP contribution in [0.5, 0.6) is 0 Å². The molecule has 1 aliphatic rings. The number of amides is 1. The molecule has 3 N–H and O–H groups in total. The third kappa shape index (κ3) is 2.06. The van der Waals surface area contributed by atoms with Crippen LogP contribution >= 0.6 is 11.8 Å². The summed E-state index contributed by atoms with van der Waals surface area (Å²) in [4.78, 5) is 22.3. The lowest BCUT2D eigenvalue weighted by Crippen LogP contribution is -2.23. The Morgan fingerprint density at radius 1 is 1.73 bits per heavy atom. The quantitative estimate of drug-likeness (QED) is 0.702. The zero-order chi connectivity index (χ0) is 11.0. The van der Waals surface area contributed by atoms with Gasteiger partial charge in [0.1, 0.15) is 0 Å². The molecule has 0 aliphatic heterocycles. The average Bonchev–Trinajstić information content (AvgIpc) is 2.93. The number of nitrogens with two attached hydrogens (primary N) is 1. The van der Waals surface area contributed by atoms with E-state index in [0.717, 1.165) is 12.8 Å². The number of hydrogen-bond acceptors (Lipinski definition) is 4. The van der Waals surface area contributed by atoms with Crippen LogP contribution in [0.15, 0.2) is 9.95 Å². The van der Waals surface area contributed by atoms with Crippen LogP contribution in [0.4, 0.5) is 0 Å². The summed E-state index contributed by atoms with van der Waals surface area (Å²) in [5.41, 5.74) is 4.94. The van der Waals surface area contributed by atoms with E-state index < -0.39 is 5.91 Å². The Bertz CT molecular complexity index is 434. The SMILES string of the molecule is C[C@@H](Sc1n[nH]c(=O)n1C1CC1)C(N)=O. The van der Waals surface area contributed by atoms with E-state index in [0.29, 0.717) is 5.16 Å². The van der Waals surface area contributed by atoms with Gasteiger partial charge in [0.05, 0.1) is 5.25 Å². The lowest BCUT2D eigenvalue weighted by Gasteiger charge is -2.06. The third-order valence-electron chi connectivity index (χ3n) is 2.27. The van der Waals surface area contributed by atoms with Gasteiger partial charge in [0.25, 0.3) is 0 Å². The van der Waals surface area contributed by atoms with Crippen molar-refractivity contribution >= 4 is 17.7 Å². The molecule has 82 valence electrons. The van der Waals surface area contributed by atoms with Gasteiger partial charge in [-0.1, -0.05) is 11.8 Å². The van der Waals surface area contributed by atoms with Crippen molar-refractivity contribution < 1.29 is 4.79 Å². The van der Waals surface area contributed by atoms with Crippen molar-refractivity contribution in [3.05, 3.63) is 10.5 Å². The number of aromatic nitrogens is 3. The first-order valence-corrected chi connectivity index (χ1v) is 5.60. The molecule has 1 saturated carbocycles. The zero-order valence-electron chi connectivity index (χ0n) is 8.27. The predicted molar refractivity (Wildman–Crippen MR) is 55.6 cm³/mol. The molecule has 2 rings (SSSR count). The largest absolute Gasteiger partial charge is 0.369 e. The van der Waals surface area contributed by atoms with Gasteiger partial charge in [0.15, 0.2) is 5.16 Å². The standard InChI is InChI=1S/C8H12N4O2S/c1-4(6(9)13)15-8-11-10-7(14)12(8)5-2-3-5/h4-5H,2-3H2,1H3,(H2,9,13)(H,10,14)/t4-/m1/s1. The summed E-state index contributed by atoms with van der Waals surface area (Å²) in [5.74, 6) is -0.405. The lowest BCUT2D eigenvalue weighted by molar-refractivity contribution is -0.117. The maximum absolute atomic E-state index is 11.4. The molecule has 6 nitrogen and oxygen atoms in total. The molecule has 0 radical (unpaired) electrons. The van der Waals surface area contributed by atoms with E-state index in [2.05, 4.69) is 10.2 Å². The Balaban J connectivity index is 2.21. The van der Waals surface area contributed by atoms with Gasteiger partial charge in [-0.2, -0.15) is 0 Å². The number of hydrogen-bond donors (Lipinski definition) is 2. The second kappa shape index (κ2) is 3.73. The highest BCUT2D eigenvalue weighted by atomic mass is 32.2. The molecular formula is C8H12N4O2S. The number of nitrogens with one attached hydrogen (secondary N) is 1. The monoisotopic (exact) mass is 228 g/mol. The summed E-state index contributed by atoms with van der Waals surface area (Å²) in [5, 5.41) is 6.44. The van der Waals surface area contributed by atoms with E-state index in [-0.39, 0.29) is 17.0 Å². The van der Waals surface area contributed by atoms with Crippen molar-refractivity contribution in [3.8, 4) is 0 Å². The molecule has 1 atom stereocenters. The van der Waals surface area contributed by atoms with Crippen LogP contribution < -0.4 is 11.4 Å². The normalized spacial score (nSPS) is 17.7. The number of carbonyl (C=O) groups excluding carboxylic acids is 1. The number of thioether (sulfide) groups is 1. The van der Waals surface area contributed by atoms with Crippen molar-refractivity contribution in [2.75, 3.05) is 0 Å². The fourth-order valence-corrected chi connectivity index (χ4v) is 2.12. The molecule has 0 saturated heterocycles. The second-order valence-electron chi connectivity index (χ2n) is 3.57. The van der Waals surface area contributed by atoms with E-state index in [1.54, 1.807) is 11.5 Å². The predicted octanol–water partition coefficient (Wildman–Crippen LogP) is -0.128. The van der Waals surface area contributed by atoms with Crippen LogP contribution in [-0.2, 0) is 4.79 Å². The molecule has 1 heterocycles. The molecule has 0 aromatic carbocycles. The van der Waals surface area contributed by atoms with E-state index in [9.17, 15) is 9.59 Å². The Morgan fingerprint density at radius 2 is 2.40 bits per heavy atom. The Morgan fingerprint density at radius 3 is 2.93 bits per heavy atom. The van der Waals surface area contributed by atoms with Crippen LogP contribution in [0.2, 0.25) is 0 Å². The molecular weight excluding hydrogens is 216 g/mol. The first kappa shape index (κ1) is 10.3. The Kier molecular flexibility index (Phi) is 2.56. The van der Waals surface area contributed by atoms with Gasteiger partial charge in [0.2, 0.25) is 5.91 Å². The Labute approximate surface area is 90.2 Å². The first-order chi connectivity index (χ1) is 7.09. The number of nitrogens with zero attached hydrogens (tertiary/aromatic N) is 2. The number of primary amides is 1. The molecule has 15 heavy (non-hydrogen) atoms. The maximum atomic E-state index is 11.4. The molecule has 1 aromatic heterocycles. The Hall–Kier alpha value is -1.24. The highest BCUT2D eigenvalue weighted by molar-refractivity contribution is 8.00. The summed E-state index contributed by atoms with van der Waals surface area (Å²) >= 11 is 1.21. The average molecular weight is 228 g/mol.